The maximum Gasteiger partial charge on any atom is 0.241 e. The molecule has 7 heteroatoms. The molecule has 1 amide bonds. The third-order valence-electron chi connectivity index (χ3n) is 3.53. The summed E-state index contributed by atoms with van der Waals surface area (Å²) in [5.74, 6) is 0.572. The lowest BCUT2D eigenvalue weighted by atomic mass is 9.97. The smallest absolute Gasteiger partial charge is 0.241 e. The molecule has 0 spiro atoms. The Bertz CT molecular complexity index is 410. The first kappa shape index (κ1) is 14.0. The van der Waals surface area contributed by atoms with Gasteiger partial charge in [0.05, 0.1) is 11.9 Å². The second kappa shape index (κ2) is 6.63. The van der Waals surface area contributed by atoms with Crippen molar-refractivity contribution < 1.29 is 4.79 Å². The molecule has 0 bridgehead atoms. The molecule has 0 aromatic carbocycles. The van der Waals surface area contributed by atoms with Gasteiger partial charge in [0.1, 0.15) is 6.54 Å². The number of nitrogens with zero attached hydrogens (tertiary/aromatic N) is 4. The van der Waals surface area contributed by atoms with Crippen LogP contribution in [0.25, 0.3) is 0 Å². The first-order valence-electron chi connectivity index (χ1n) is 6.71. The van der Waals surface area contributed by atoms with Gasteiger partial charge in [-0.05, 0) is 38.9 Å². The molecule has 0 atom stereocenters. The van der Waals surface area contributed by atoms with Gasteiger partial charge in [0.15, 0.2) is 0 Å². The van der Waals surface area contributed by atoms with Crippen LogP contribution in [0, 0.1) is 5.92 Å². The number of piperidine rings is 1. The molecule has 1 saturated heterocycles. The van der Waals surface area contributed by atoms with Gasteiger partial charge in [-0.2, -0.15) is 0 Å². The highest BCUT2D eigenvalue weighted by atomic mass is 16.2. The second-order valence-electron chi connectivity index (χ2n) is 5.16. The molecule has 1 aromatic rings. The number of amides is 1. The van der Waals surface area contributed by atoms with Crippen molar-refractivity contribution >= 4 is 5.91 Å². The van der Waals surface area contributed by atoms with E-state index in [1.165, 1.54) is 4.68 Å². The van der Waals surface area contributed by atoms with Crippen LogP contribution in [0.5, 0.6) is 0 Å². The molecular formula is C12H22N6O. The number of carbonyl (C=O) groups is 1. The third-order valence-corrected chi connectivity index (χ3v) is 3.53. The van der Waals surface area contributed by atoms with Crippen LogP contribution < -0.4 is 11.1 Å². The highest BCUT2D eigenvalue weighted by Crippen LogP contribution is 2.14. The van der Waals surface area contributed by atoms with Gasteiger partial charge in [-0.3, -0.25) is 4.79 Å². The maximum absolute atomic E-state index is 11.8. The summed E-state index contributed by atoms with van der Waals surface area (Å²) >= 11 is 0. The van der Waals surface area contributed by atoms with Gasteiger partial charge < -0.3 is 16.0 Å². The van der Waals surface area contributed by atoms with Crippen molar-refractivity contribution in [1.29, 1.82) is 0 Å². The molecule has 106 valence electrons. The first-order valence-corrected chi connectivity index (χ1v) is 6.71. The lowest BCUT2D eigenvalue weighted by Crippen LogP contribution is -2.37. The van der Waals surface area contributed by atoms with Crippen LogP contribution >= 0.6 is 0 Å². The number of likely N-dealkylation sites (tertiary alicyclic amines) is 1. The van der Waals surface area contributed by atoms with Gasteiger partial charge >= 0.3 is 0 Å². The quantitative estimate of drug-likeness (QED) is 0.728. The monoisotopic (exact) mass is 266 g/mol. The minimum absolute atomic E-state index is 0.0209. The van der Waals surface area contributed by atoms with Crippen LogP contribution in [0.15, 0.2) is 6.20 Å². The van der Waals surface area contributed by atoms with Crippen molar-refractivity contribution in [2.45, 2.75) is 25.9 Å². The molecule has 2 rings (SSSR count). The van der Waals surface area contributed by atoms with Crippen molar-refractivity contribution in [1.82, 2.24) is 25.2 Å². The fourth-order valence-electron chi connectivity index (χ4n) is 2.24. The molecule has 1 aliphatic rings. The van der Waals surface area contributed by atoms with E-state index in [1.54, 1.807) is 6.20 Å². The molecule has 19 heavy (non-hydrogen) atoms. The zero-order chi connectivity index (χ0) is 13.7. The number of hydrogen-bond acceptors (Lipinski definition) is 5. The van der Waals surface area contributed by atoms with Crippen molar-refractivity contribution in [3.8, 4) is 0 Å². The van der Waals surface area contributed by atoms with Gasteiger partial charge in [-0.15, -0.1) is 5.10 Å². The van der Waals surface area contributed by atoms with E-state index in [0.29, 0.717) is 18.2 Å². The number of nitrogens with two attached hydrogens (primary N) is 1. The molecule has 2 heterocycles. The van der Waals surface area contributed by atoms with E-state index in [-0.39, 0.29) is 12.5 Å². The molecule has 7 nitrogen and oxygen atoms in total. The average molecular weight is 266 g/mol. The number of carbonyl (C=O) groups excluding carboxylic acids is 1. The molecule has 0 aliphatic carbocycles. The Kier molecular flexibility index (Phi) is 4.86. The Morgan fingerprint density at radius 2 is 2.26 bits per heavy atom. The normalized spacial score (nSPS) is 17.6. The molecule has 0 saturated carbocycles. The summed E-state index contributed by atoms with van der Waals surface area (Å²) in [6.45, 7) is 3.54. The average Bonchev–Trinajstić information content (AvgIpc) is 2.86. The number of aromatic nitrogens is 3. The summed E-state index contributed by atoms with van der Waals surface area (Å²) in [5, 5.41) is 10.7. The van der Waals surface area contributed by atoms with Crippen molar-refractivity contribution in [3.63, 3.8) is 0 Å². The van der Waals surface area contributed by atoms with E-state index >= 15 is 0 Å². The van der Waals surface area contributed by atoms with Gasteiger partial charge in [-0.1, -0.05) is 5.21 Å². The van der Waals surface area contributed by atoms with Crippen molar-refractivity contribution in [2.24, 2.45) is 11.7 Å². The summed E-state index contributed by atoms with van der Waals surface area (Å²) in [6.07, 6.45) is 4.00. The molecular weight excluding hydrogens is 244 g/mol. The van der Waals surface area contributed by atoms with E-state index in [1.807, 2.05) is 0 Å². The molecule has 0 radical (unpaired) electrons. The van der Waals surface area contributed by atoms with Crippen LogP contribution in [-0.4, -0.2) is 52.5 Å². The second-order valence-corrected chi connectivity index (χ2v) is 5.16. The standard InChI is InChI=1S/C12H22N6O/c1-17-4-2-10(3-5-17)7-14-12(19)9-18-8-11(6-13)15-16-18/h8,10H,2-7,9,13H2,1H3,(H,14,19). The highest BCUT2D eigenvalue weighted by Gasteiger charge is 2.17. The van der Waals surface area contributed by atoms with Crippen LogP contribution in [0.2, 0.25) is 0 Å². The van der Waals surface area contributed by atoms with Crippen molar-refractivity contribution in [2.75, 3.05) is 26.7 Å². The summed E-state index contributed by atoms with van der Waals surface area (Å²) in [4.78, 5) is 14.1. The van der Waals surface area contributed by atoms with E-state index < -0.39 is 0 Å². The molecule has 1 aromatic heterocycles. The molecule has 3 N–H and O–H groups in total. The predicted molar refractivity (Wildman–Crippen MR) is 71.1 cm³/mol. The fourth-order valence-corrected chi connectivity index (χ4v) is 2.24. The summed E-state index contributed by atoms with van der Waals surface area (Å²) in [5.41, 5.74) is 6.14. The van der Waals surface area contributed by atoms with Crippen LogP contribution in [-0.2, 0) is 17.9 Å². The lowest BCUT2D eigenvalue weighted by molar-refractivity contribution is -0.122. The van der Waals surface area contributed by atoms with Gasteiger partial charge in [0.25, 0.3) is 0 Å². The largest absolute Gasteiger partial charge is 0.354 e. The van der Waals surface area contributed by atoms with Gasteiger partial charge in [0, 0.05) is 13.1 Å². The van der Waals surface area contributed by atoms with Crippen LogP contribution in [0.4, 0.5) is 0 Å². The summed E-state index contributed by atoms with van der Waals surface area (Å²) < 4.78 is 1.52. The van der Waals surface area contributed by atoms with Crippen LogP contribution in [0.3, 0.4) is 0 Å². The molecule has 0 unspecified atom stereocenters. The van der Waals surface area contributed by atoms with E-state index in [9.17, 15) is 4.79 Å². The predicted octanol–water partition coefficient (Wildman–Crippen LogP) is -0.805. The fraction of sp³-hybridized carbons (Fsp3) is 0.750. The number of rotatable bonds is 5. The number of hydrogen-bond donors (Lipinski definition) is 2. The zero-order valence-electron chi connectivity index (χ0n) is 11.4. The van der Waals surface area contributed by atoms with Gasteiger partial charge in [0.2, 0.25) is 5.91 Å². The van der Waals surface area contributed by atoms with E-state index in [2.05, 4.69) is 27.6 Å². The Balaban J connectivity index is 1.69. The molecule has 1 fully saturated rings. The number of nitrogens with one attached hydrogen (secondary N) is 1. The van der Waals surface area contributed by atoms with Gasteiger partial charge in [-0.25, -0.2) is 4.68 Å². The Morgan fingerprint density at radius 3 is 2.89 bits per heavy atom. The third kappa shape index (κ3) is 4.29. The van der Waals surface area contributed by atoms with Crippen molar-refractivity contribution in [3.05, 3.63) is 11.9 Å². The minimum atomic E-state index is -0.0209. The van der Waals surface area contributed by atoms with E-state index in [4.69, 9.17) is 5.73 Å². The minimum Gasteiger partial charge on any atom is -0.354 e. The SMILES string of the molecule is CN1CCC(CNC(=O)Cn2cc(CN)nn2)CC1. The van der Waals surface area contributed by atoms with E-state index in [0.717, 1.165) is 32.5 Å². The summed E-state index contributed by atoms with van der Waals surface area (Å²) in [6, 6.07) is 0. The Hall–Kier alpha value is -1.47. The lowest BCUT2D eigenvalue weighted by Gasteiger charge is -2.28. The highest BCUT2D eigenvalue weighted by molar-refractivity contribution is 5.75. The summed E-state index contributed by atoms with van der Waals surface area (Å²) in [7, 11) is 2.13. The molecule has 1 aliphatic heterocycles. The maximum atomic E-state index is 11.8. The topological polar surface area (TPSA) is 89.1 Å². The first-order chi connectivity index (χ1) is 9.17. The zero-order valence-corrected chi connectivity index (χ0v) is 11.4. The Labute approximate surface area is 113 Å². The Morgan fingerprint density at radius 1 is 1.53 bits per heavy atom. The van der Waals surface area contributed by atoms with Crippen LogP contribution in [0.1, 0.15) is 18.5 Å².